The van der Waals surface area contributed by atoms with E-state index in [1.54, 1.807) is 17.5 Å². The van der Waals surface area contributed by atoms with E-state index in [1.807, 2.05) is 0 Å². The maximum atomic E-state index is 11.7. The number of carboxylic acid groups (broad SMARTS) is 1. The van der Waals surface area contributed by atoms with E-state index in [2.05, 4.69) is 15.6 Å². The maximum absolute atomic E-state index is 11.7. The third-order valence-electron chi connectivity index (χ3n) is 2.63. The van der Waals surface area contributed by atoms with Crippen LogP contribution in [0.5, 0.6) is 5.75 Å². The minimum atomic E-state index is -1.14. The van der Waals surface area contributed by atoms with Gasteiger partial charge in [0.25, 0.3) is 0 Å². The molecule has 0 bridgehead atoms. The zero-order valence-electron chi connectivity index (χ0n) is 10.8. The van der Waals surface area contributed by atoms with Crippen molar-refractivity contribution in [1.82, 2.24) is 10.3 Å². The number of hydrogen-bond donors (Lipinski definition) is 4. The molecule has 1 heterocycles. The first-order valence-corrected chi connectivity index (χ1v) is 6.90. The Morgan fingerprint density at radius 1 is 1.29 bits per heavy atom. The van der Waals surface area contributed by atoms with Crippen LogP contribution in [-0.2, 0) is 11.2 Å². The largest absolute Gasteiger partial charge is 0.508 e. The number of carbonyl (C=O) groups is 2. The summed E-state index contributed by atoms with van der Waals surface area (Å²) in [7, 11) is 0. The molecular formula is C13H13N3O4S. The molecular weight excluding hydrogens is 294 g/mol. The van der Waals surface area contributed by atoms with Gasteiger partial charge in [-0.15, -0.1) is 11.3 Å². The van der Waals surface area contributed by atoms with E-state index in [9.17, 15) is 14.7 Å². The number of hydrogen-bond acceptors (Lipinski definition) is 5. The smallest absolute Gasteiger partial charge is 0.326 e. The van der Waals surface area contributed by atoms with Crippen molar-refractivity contribution in [2.24, 2.45) is 0 Å². The second-order valence-electron chi connectivity index (χ2n) is 4.20. The van der Waals surface area contributed by atoms with Crippen LogP contribution in [0, 0.1) is 0 Å². The summed E-state index contributed by atoms with van der Waals surface area (Å²) in [6.07, 6.45) is 1.65. The summed E-state index contributed by atoms with van der Waals surface area (Å²) < 4.78 is 0. The lowest BCUT2D eigenvalue weighted by molar-refractivity contribution is -0.139. The molecule has 1 atom stereocenters. The summed E-state index contributed by atoms with van der Waals surface area (Å²) in [5.41, 5.74) is 0.690. The topological polar surface area (TPSA) is 112 Å². The van der Waals surface area contributed by atoms with Crippen LogP contribution in [0.15, 0.2) is 35.8 Å². The van der Waals surface area contributed by atoms with Crippen molar-refractivity contribution >= 4 is 28.5 Å². The second kappa shape index (κ2) is 6.71. The molecule has 110 valence electrons. The predicted molar refractivity (Wildman–Crippen MR) is 77.5 cm³/mol. The first-order chi connectivity index (χ1) is 10.0. The van der Waals surface area contributed by atoms with Gasteiger partial charge in [0.05, 0.1) is 0 Å². The van der Waals surface area contributed by atoms with Crippen LogP contribution in [0.2, 0.25) is 0 Å². The van der Waals surface area contributed by atoms with Crippen LogP contribution >= 0.6 is 11.3 Å². The van der Waals surface area contributed by atoms with Crippen molar-refractivity contribution in [3.05, 3.63) is 41.4 Å². The van der Waals surface area contributed by atoms with E-state index < -0.39 is 18.0 Å². The van der Waals surface area contributed by atoms with Crippen molar-refractivity contribution < 1.29 is 19.8 Å². The Kier molecular flexibility index (Phi) is 4.72. The Balaban J connectivity index is 1.97. The lowest BCUT2D eigenvalue weighted by Gasteiger charge is -2.14. The number of nitrogens with zero attached hydrogens (tertiary/aromatic N) is 1. The Morgan fingerprint density at radius 3 is 2.57 bits per heavy atom. The molecule has 21 heavy (non-hydrogen) atoms. The van der Waals surface area contributed by atoms with Crippen molar-refractivity contribution in [2.75, 3.05) is 5.32 Å². The Hall–Kier alpha value is -2.61. The number of carboxylic acids is 1. The number of phenolic OH excluding ortho intramolecular Hbond substituents is 1. The standard InChI is InChI=1S/C13H13N3O4S/c17-9-3-1-8(2-4-9)7-10(11(18)19)15-12(20)16-13-14-5-6-21-13/h1-6,10,17H,7H2,(H,18,19)(H2,14,15,16,20)/t10-/m0/s1. The molecule has 0 saturated carbocycles. The van der Waals surface area contributed by atoms with Gasteiger partial charge in [-0.2, -0.15) is 0 Å². The monoisotopic (exact) mass is 307 g/mol. The molecule has 1 aromatic heterocycles. The molecule has 2 aromatic rings. The number of aliphatic carboxylic acids is 1. The Labute approximate surface area is 124 Å². The molecule has 1 aromatic carbocycles. The van der Waals surface area contributed by atoms with Gasteiger partial charge in [0, 0.05) is 18.0 Å². The summed E-state index contributed by atoms with van der Waals surface area (Å²) >= 11 is 1.23. The number of benzene rings is 1. The van der Waals surface area contributed by atoms with Gasteiger partial charge in [0.15, 0.2) is 5.13 Å². The molecule has 0 spiro atoms. The van der Waals surface area contributed by atoms with Gasteiger partial charge in [-0.05, 0) is 17.7 Å². The molecule has 4 N–H and O–H groups in total. The molecule has 7 nitrogen and oxygen atoms in total. The summed E-state index contributed by atoms with van der Waals surface area (Å²) in [5.74, 6) is -1.04. The number of nitrogens with one attached hydrogen (secondary N) is 2. The van der Waals surface area contributed by atoms with Gasteiger partial charge >= 0.3 is 12.0 Å². The van der Waals surface area contributed by atoms with E-state index in [0.717, 1.165) is 0 Å². The van der Waals surface area contributed by atoms with Crippen LogP contribution < -0.4 is 10.6 Å². The zero-order chi connectivity index (χ0) is 15.2. The van der Waals surface area contributed by atoms with Gasteiger partial charge in [-0.3, -0.25) is 5.32 Å². The molecule has 0 fully saturated rings. The van der Waals surface area contributed by atoms with Gasteiger partial charge in [-0.1, -0.05) is 12.1 Å². The first kappa shape index (κ1) is 14.8. The number of aromatic hydroxyl groups is 1. The normalized spacial score (nSPS) is 11.6. The van der Waals surface area contributed by atoms with Crippen LogP contribution in [0.4, 0.5) is 9.93 Å². The number of rotatable bonds is 5. The van der Waals surface area contributed by atoms with Crippen molar-refractivity contribution in [3.63, 3.8) is 0 Å². The maximum Gasteiger partial charge on any atom is 0.326 e. The molecule has 0 aliphatic heterocycles. The number of phenols is 1. The molecule has 0 saturated heterocycles. The van der Waals surface area contributed by atoms with Crippen molar-refractivity contribution in [2.45, 2.75) is 12.5 Å². The Bertz CT molecular complexity index is 613. The Morgan fingerprint density at radius 2 is 2.00 bits per heavy atom. The number of thiazole rings is 1. The number of aromatic nitrogens is 1. The summed E-state index contributed by atoms with van der Waals surface area (Å²) in [6.45, 7) is 0. The second-order valence-corrected chi connectivity index (χ2v) is 5.09. The molecule has 0 aliphatic carbocycles. The van der Waals surface area contributed by atoms with Gasteiger partial charge in [-0.25, -0.2) is 14.6 Å². The SMILES string of the molecule is O=C(Nc1nccs1)N[C@@H](Cc1ccc(O)cc1)C(=O)O. The molecule has 0 aliphatic rings. The van der Waals surface area contributed by atoms with Crippen LogP contribution in [0.25, 0.3) is 0 Å². The van der Waals surface area contributed by atoms with Crippen LogP contribution in [-0.4, -0.2) is 33.2 Å². The fourth-order valence-electron chi connectivity index (χ4n) is 1.64. The molecule has 2 amide bonds. The number of carbonyl (C=O) groups excluding carboxylic acids is 1. The zero-order valence-corrected chi connectivity index (χ0v) is 11.6. The number of amides is 2. The van der Waals surface area contributed by atoms with E-state index >= 15 is 0 Å². The third kappa shape index (κ3) is 4.46. The third-order valence-corrected chi connectivity index (χ3v) is 3.32. The highest BCUT2D eigenvalue weighted by Gasteiger charge is 2.20. The average Bonchev–Trinajstić information content (AvgIpc) is 2.93. The number of urea groups is 1. The lowest BCUT2D eigenvalue weighted by atomic mass is 10.1. The molecule has 0 radical (unpaired) electrons. The fourth-order valence-corrected chi connectivity index (χ4v) is 2.17. The lowest BCUT2D eigenvalue weighted by Crippen LogP contribution is -2.44. The van der Waals surface area contributed by atoms with Crippen molar-refractivity contribution in [3.8, 4) is 5.75 Å². The number of anilines is 1. The summed E-state index contributed by atoms with van der Waals surface area (Å²) in [4.78, 5) is 26.8. The van der Waals surface area contributed by atoms with E-state index in [4.69, 9.17) is 5.11 Å². The summed E-state index contributed by atoms with van der Waals surface area (Å²) in [6, 6.07) is 4.43. The van der Waals surface area contributed by atoms with Gasteiger partial charge < -0.3 is 15.5 Å². The summed E-state index contributed by atoms with van der Waals surface area (Å²) in [5, 5.41) is 25.3. The van der Waals surface area contributed by atoms with E-state index in [1.165, 1.54) is 29.7 Å². The minimum Gasteiger partial charge on any atom is -0.508 e. The highest BCUT2D eigenvalue weighted by atomic mass is 32.1. The predicted octanol–water partition coefficient (Wildman–Crippen LogP) is 1.67. The van der Waals surface area contributed by atoms with Crippen LogP contribution in [0.1, 0.15) is 5.56 Å². The molecule has 2 rings (SSSR count). The first-order valence-electron chi connectivity index (χ1n) is 6.02. The van der Waals surface area contributed by atoms with E-state index in [-0.39, 0.29) is 12.2 Å². The minimum absolute atomic E-state index is 0.0973. The van der Waals surface area contributed by atoms with Crippen LogP contribution in [0.3, 0.4) is 0 Å². The highest BCUT2D eigenvalue weighted by molar-refractivity contribution is 7.13. The molecule has 0 unspecified atom stereocenters. The van der Waals surface area contributed by atoms with Gasteiger partial charge in [0.1, 0.15) is 11.8 Å². The quantitative estimate of drug-likeness (QED) is 0.671. The molecule has 8 heteroatoms. The fraction of sp³-hybridized carbons (Fsp3) is 0.154. The van der Waals surface area contributed by atoms with Crippen molar-refractivity contribution in [1.29, 1.82) is 0 Å². The average molecular weight is 307 g/mol. The van der Waals surface area contributed by atoms with Gasteiger partial charge in [0.2, 0.25) is 0 Å². The highest BCUT2D eigenvalue weighted by Crippen LogP contribution is 2.12. The van der Waals surface area contributed by atoms with E-state index in [0.29, 0.717) is 10.7 Å².